The second kappa shape index (κ2) is 7.89. The summed E-state index contributed by atoms with van der Waals surface area (Å²) in [5.41, 5.74) is 1.27. The van der Waals surface area contributed by atoms with Crippen LogP contribution in [-0.4, -0.2) is 43.3 Å². The van der Waals surface area contributed by atoms with E-state index >= 15 is 0 Å². The van der Waals surface area contributed by atoms with E-state index in [9.17, 15) is 17.2 Å². The summed E-state index contributed by atoms with van der Waals surface area (Å²) in [5, 5.41) is 17.3. The third-order valence-corrected chi connectivity index (χ3v) is 8.37. The first-order valence-corrected chi connectivity index (χ1v) is 13.2. The lowest BCUT2D eigenvalue weighted by Crippen LogP contribution is -2.53. The third kappa shape index (κ3) is 3.48. The molecule has 37 heavy (non-hydrogen) atoms. The van der Waals surface area contributed by atoms with Crippen LogP contribution in [0.15, 0.2) is 48.0 Å². The highest BCUT2D eigenvalue weighted by atomic mass is 32.2. The topological polar surface area (TPSA) is 142 Å². The molecule has 190 valence electrons. The predicted octanol–water partition coefficient (Wildman–Crippen LogP) is 3.03. The number of nitrogens with two attached hydrogens (primary N) is 1. The van der Waals surface area contributed by atoms with Crippen molar-refractivity contribution in [3.63, 3.8) is 0 Å². The van der Waals surface area contributed by atoms with Crippen molar-refractivity contribution in [2.75, 3.05) is 0 Å². The molecule has 0 spiro atoms. The van der Waals surface area contributed by atoms with Crippen LogP contribution < -0.4 is 5.14 Å². The molecule has 2 atom stereocenters. The number of sulfonamides is 1. The summed E-state index contributed by atoms with van der Waals surface area (Å²) < 4.78 is 53.4. The van der Waals surface area contributed by atoms with E-state index in [0.29, 0.717) is 11.4 Å². The molecule has 0 saturated heterocycles. The van der Waals surface area contributed by atoms with Gasteiger partial charge in [0.2, 0.25) is 0 Å². The van der Waals surface area contributed by atoms with E-state index < -0.39 is 32.2 Å². The van der Waals surface area contributed by atoms with Crippen LogP contribution in [-0.2, 0) is 15.4 Å². The number of fused-ring (bicyclic) bond motifs is 2. The summed E-state index contributed by atoms with van der Waals surface area (Å²) in [6.07, 6.45) is 5.12. The van der Waals surface area contributed by atoms with Gasteiger partial charge in [0.1, 0.15) is 18.0 Å². The number of rotatable bonds is 4. The van der Waals surface area contributed by atoms with Crippen molar-refractivity contribution in [3.05, 3.63) is 71.4 Å². The summed E-state index contributed by atoms with van der Waals surface area (Å²) in [6.45, 7) is 4.29. The summed E-state index contributed by atoms with van der Waals surface area (Å²) in [7, 11) is -4.09. The maximum Gasteiger partial charge on any atom is 0.282 e. The Bertz CT molecular complexity index is 1650. The zero-order chi connectivity index (χ0) is 26.2. The second-order valence-corrected chi connectivity index (χ2v) is 11.6. The highest BCUT2D eigenvalue weighted by Gasteiger charge is 2.59. The first-order valence-electron chi connectivity index (χ1n) is 11.6. The number of hydrogen-bond donors (Lipinski definition) is 1. The average Bonchev–Trinajstić information content (AvgIpc) is 3.35. The smallest absolute Gasteiger partial charge is 0.222 e. The van der Waals surface area contributed by atoms with Gasteiger partial charge in [0.25, 0.3) is 21.1 Å². The highest BCUT2D eigenvalue weighted by Crippen LogP contribution is 2.63. The van der Waals surface area contributed by atoms with E-state index in [0.717, 1.165) is 29.5 Å². The molecule has 2 bridgehead atoms. The molecular weight excluding hydrogens is 502 g/mol. The molecule has 13 heteroatoms. The molecule has 1 saturated carbocycles. The van der Waals surface area contributed by atoms with Crippen molar-refractivity contribution in [2.24, 2.45) is 10.6 Å². The summed E-state index contributed by atoms with van der Waals surface area (Å²) in [4.78, 5) is 12.8. The van der Waals surface area contributed by atoms with Crippen molar-refractivity contribution in [3.8, 4) is 17.2 Å². The van der Waals surface area contributed by atoms with Gasteiger partial charge >= 0.3 is 0 Å². The SMILES string of the molecule is CC1(C)C[C@H]2CC[C@]1(c1ccnc(-n3cnc(S(N)(=O)=O)n3)n1)c1nnc(-c3c(F)cccc3F)cc12. The number of nitrogens with zero attached hydrogens (tertiary/aromatic N) is 7. The van der Waals surface area contributed by atoms with E-state index in [2.05, 4.69) is 39.1 Å². The van der Waals surface area contributed by atoms with Gasteiger partial charge in [-0.05, 0) is 60.4 Å². The molecule has 1 aromatic carbocycles. The van der Waals surface area contributed by atoms with Crippen LogP contribution in [0.3, 0.4) is 0 Å². The molecule has 2 N–H and O–H groups in total. The summed E-state index contributed by atoms with van der Waals surface area (Å²) >= 11 is 0. The average molecular weight is 525 g/mol. The molecule has 3 heterocycles. The van der Waals surface area contributed by atoms with Crippen LogP contribution in [0.5, 0.6) is 0 Å². The Hall–Kier alpha value is -3.71. The van der Waals surface area contributed by atoms with E-state index in [1.807, 2.05) is 0 Å². The summed E-state index contributed by atoms with van der Waals surface area (Å²) in [5.74, 6) is -1.11. The predicted molar refractivity (Wildman–Crippen MR) is 127 cm³/mol. The van der Waals surface area contributed by atoms with Gasteiger partial charge in [0.05, 0.1) is 28.1 Å². The van der Waals surface area contributed by atoms with E-state index in [4.69, 9.17) is 10.1 Å². The number of benzene rings is 1. The summed E-state index contributed by atoms with van der Waals surface area (Å²) in [6, 6.07) is 7.25. The van der Waals surface area contributed by atoms with Crippen LogP contribution in [0.2, 0.25) is 0 Å². The Morgan fingerprint density at radius 2 is 1.86 bits per heavy atom. The molecule has 0 unspecified atom stereocenters. The standard InChI is InChI=1S/C24H22F2N8O2S/c1-23(2)11-13-6-8-24(23,18-7-9-28-21(30-18)34-12-29-22(33-34)37(27,35)36)20-14(13)10-17(31-32-20)19-15(25)4-3-5-16(19)26/h3-5,7,9-10,12-13H,6,8,11H2,1-2H3,(H2,27,35,36)/t13-,24+/m1/s1. The van der Waals surface area contributed by atoms with Crippen LogP contribution in [0.4, 0.5) is 8.78 Å². The highest BCUT2D eigenvalue weighted by molar-refractivity contribution is 7.89. The Morgan fingerprint density at radius 3 is 2.54 bits per heavy atom. The monoisotopic (exact) mass is 524 g/mol. The van der Waals surface area contributed by atoms with E-state index in [-0.39, 0.29) is 28.5 Å². The molecule has 0 aliphatic heterocycles. The van der Waals surface area contributed by atoms with Gasteiger partial charge in [-0.25, -0.2) is 37.3 Å². The van der Waals surface area contributed by atoms with Crippen LogP contribution in [0.1, 0.15) is 56.0 Å². The fraction of sp³-hybridized carbons (Fsp3) is 0.333. The van der Waals surface area contributed by atoms with Gasteiger partial charge in [0, 0.05) is 6.20 Å². The van der Waals surface area contributed by atoms with Gasteiger partial charge in [-0.1, -0.05) is 19.9 Å². The zero-order valence-corrected chi connectivity index (χ0v) is 20.7. The zero-order valence-electron chi connectivity index (χ0n) is 19.9. The molecule has 10 nitrogen and oxygen atoms in total. The van der Waals surface area contributed by atoms with Crippen molar-refractivity contribution >= 4 is 10.0 Å². The quantitative estimate of drug-likeness (QED) is 0.429. The van der Waals surface area contributed by atoms with Gasteiger partial charge < -0.3 is 0 Å². The fourth-order valence-electron chi connectivity index (χ4n) is 6.01. The Kier molecular flexibility index (Phi) is 5.05. The van der Waals surface area contributed by atoms with E-state index in [1.54, 1.807) is 18.3 Å². The number of primary sulfonamides is 1. The lowest BCUT2D eigenvalue weighted by atomic mass is 9.47. The molecule has 0 amide bonds. The molecule has 0 radical (unpaired) electrons. The number of hydrogen-bond acceptors (Lipinski definition) is 8. The Balaban J connectivity index is 1.51. The number of halogens is 2. The molecular formula is C24H22F2N8O2S. The van der Waals surface area contributed by atoms with Gasteiger partial charge in [0.15, 0.2) is 0 Å². The van der Waals surface area contributed by atoms with Crippen LogP contribution in [0.25, 0.3) is 17.2 Å². The maximum atomic E-state index is 14.5. The lowest BCUT2D eigenvalue weighted by molar-refractivity contribution is 0.0810. The van der Waals surface area contributed by atoms with Crippen LogP contribution >= 0.6 is 0 Å². The number of aromatic nitrogens is 7. The molecule has 3 aromatic heterocycles. The van der Waals surface area contributed by atoms with Crippen molar-refractivity contribution in [1.29, 1.82) is 0 Å². The van der Waals surface area contributed by atoms with Crippen molar-refractivity contribution in [1.82, 2.24) is 34.9 Å². The minimum atomic E-state index is -4.09. The third-order valence-electron chi connectivity index (χ3n) is 7.68. The van der Waals surface area contributed by atoms with Crippen LogP contribution in [0, 0.1) is 17.0 Å². The van der Waals surface area contributed by atoms with Crippen molar-refractivity contribution < 1.29 is 17.2 Å². The van der Waals surface area contributed by atoms with Gasteiger partial charge in [-0.2, -0.15) is 9.78 Å². The minimum absolute atomic E-state index is 0.123. The molecule has 7 rings (SSSR count). The largest absolute Gasteiger partial charge is 0.282 e. The lowest BCUT2D eigenvalue weighted by Gasteiger charge is -2.56. The Labute approximate surface area is 211 Å². The van der Waals surface area contributed by atoms with Gasteiger partial charge in [-0.15, -0.1) is 10.2 Å². The fourth-order valence-corrected chi connectivity index (χ4v) is 6.40. The molecule has 3 aliphatic carbocycles. The maximum absolute atomic E-state index is 14.5. The molecule has 4 aromatic rings. The van der Waals surface area contributed by atoms with E-state index in [1.165, 1.54) is 24.5 Å². The molecule has 3 aliphatic rings. The second-order valence-electron chi connectivity index (χ2n) is 10.1. The normalized spacial score (nSPS) is 22.1. The first kappa shape index (κ1) is 23.7. The minimum Gasteiger partial charge on any atom is -0.222 e. The first-order chi connectivity index (χ1) is 17.5. The Morgan fingerprint density at radius 1 is 1.11 bits per heavy atom. The van der Waals surface area contributed by atoms with Crippen molar-refractivity contribution in [2.45, 2.75) is 49.6 Å². The molecule has 1 fully saturated rings. The van der Waals surface area contributed by atoms with Gasteiger partial charge in [-0.3, -0.25) is 0 Å².